The first-order valence-corrected chi connectivity index (χ1v) is 7.90. The summed E-state index contributed by atoms with van der Waals surface area (Å²) in [5.74, 6) is 0. The number of aromatic nitrogens is 2. The lowest BCUT2D eigenvalue weighted by Gasteiger charge is -2.21. The summed E-state index contributed by atoms with van der Waals surface area (Å²) >= 11 is 8.11. The molecule has 0 saturated carbocycles. The Morgan fingerprint density at radius 2 is 2.26 bits per heavy atom. The van der Waals surface area contributed by atoms with Gasteiger partial charge in [-0.3, -0.25) is 4.68 Å². The predicted octanol–water partition coefficient (Wildman–Crippen LogP) is 4.27. The van der Waals surface area contributed by atoms with Crippen molar-refractivity contribution in [3.8, 4) is 0 Å². The van der Waals surface area contributed by atoms with Crippen LogP contribution in [0.5, 0.6) is 0 Å². The van der Waals surface area contributed by atoms with Crippen LogP contribution < -0.4 is 5.32 Å². The highest BCUT2D eigenvalue weighted by Crippen LogP contribution is 2.32. The molecule has 0 aromatic carbocycles. The molecule has 19 heavy (non-hydrogen) atoms. The van der Waals surface area contributed by atoms with E-state index >= 15 is 0 Å². The maximum Gasteiger partial charge on any atom is 0.0857 e. The highest BCUT2D eigenvalue weighted by molar-refractivity contribution is 7.10. The molecule has 1 unspecified atom stereocenters. The van der Waals surface area contributed by atoms with Crippen molar-refractivity contribution in [3.63, 3.8) is 0 Å². The molecule has 0 bridgehead atoms. The fourth-order valence-corrected chi connectivity index (χ4v) is 3.15. The van der Waals surface area contributed by atoms with Crippen molar-refractivity contribution in [1.82, 2.24) is 15.1 Å². The second-order valence-electron chi connectivity index (χ2n) is 4.82. The maximum atomic E-state index is 6.36. The van der Waals surface area contributed by atoms with Gasteiger partial charge >= 0.3 is 0 Å². The van der Waals surface area contributed by atoms with E-state index < -0.39 is 0 Å². The fraction of sp³-hybridized carbons (Fsp3) is 0.500. The van der Waals surface area contributed by atoms with Crippen LogP contribution in [-0.2, 0) is 0 Å². The number of thiophene rings is 1. The van der Waals surface area contributed by atoms with Crippen LogP contribution in [0.15, 0.2) is 23.7 Å². The molecule has 0 spiro atoms. The van der Waals surface area contributed by atoms with E-state index in [9.17, 15) is 0 Å². The molecular formula is C14H20ClN3S. The predicted molar refractivity (Wildman–Crippen MR) is 82.1 cm³/mol. The minimum atomic E-state index is 0.123. The van der Waals surface area contributed by atoms with Crippen molar-refractivity contribution < 1.29 is 0 Å². The highest BCUT2D eigenvalue weighted by atomic mass is 35.5. The van der Waals surface area contributed by atoms with Gasteiger partial charge in [0.05, 0.1) is 23.0 Å². The van der Waals surface area contributed by atoms with E-state index in [0.29, 0.717) is 6.04 Å². The third-order valence-electron chi connectivity index (χ3n) is 2.98. The molecular weight excluding hydrogens is 278 g/mol. The van der Waals surface area contributed by atoms with E-state index in [-0.39, 0.29) is 6.04 Å². The van der Waals surface area contributed by atoms with Gasteiger partial charge in [-0.15, -0.1) is 11.3 Å². The minimum absolute atomic E-state index is 0.123. The van der Waals surface area contributed by atoms with Crippen molar-refractivity contribution in [1.29, 1.82) is 0 Å². The van der Waals surface area contributed by atoms with Gasteiger partial charge in [0, 0.05) is 10.9 Å². The normalized spacial score (nSPS) is 13.1. The molecule has 5 heteroatoms. The molecule has 0 aliphatic carbocycles. The number of nitrogens with zero attached hydrogens (tertiary/aromatic N) is 2. The molecule has 0 fully saturated rings. The molecule has 0 radical (unpaired) electrons. The smallest absolute Gasteiger partial charge is 0.0857 e. The summed E-state index contributed by atoms with van der Waals surface area (Å²) < 4.78 is 2.01. The Hall–Kier alpha value is -0.840. The Morgan fingerprint density at radius 1 is 1.47 bits per heavy atom. The topological polar surface area (TPSA) is 29.9 Å². The molecule has 2 rings (SSSR count). The number of rotatable bonds is 6. The van der Waals surface area contributed by atoms with Crippen molar-refractivity contribution in [3.05, 3.63) is 39.3 Å². The second kappa shape index (κ2) is 6.55. The second-order valence-corrected chi connectivity index (χ2v) is 6.21. The van der Waals surface area contributed by atoms with E-state index in [1.54, 1.807) is 17.5 Å². The van der Waals surface area contributed by atoms with Gasteiger partial charge < -0.3 is 5.32 Å². The van der Waals surface area contributed by atoms with Crippen molar-refractivity contribution in [2.75, 3.05) is 6.54 Å². The monoisotopic (exact) mass is 297 g/mol. The van der Waals surface area contributed by atoms with Crippen molar-refractivity contribution in [2.24, 2.45) is 0 Å². The molecule has 1 atom stereocenters. The third-order valence-corrected chi connectivity index (χ3v) is 4.20. The first kappa shape index (κ1) is 14.6. The summed E-state index contributed by atoms with van der Waals surface area (Å²) in [5.41, 5.74) is 1.06. The number of hydrogen-bond acceptors (Lipinski definition) is 3. The average molecular weight is 298 g/mol. The van der Waals surface area contributed by atoms with Gasteiger partial charge in [0.15, 0.2) is 0 Å². The minimum Gasteiger partial charge on any atom is -0.304 e. The van der Waals surface area contributed by atoms with Crippen LogP contribution in [0, 0.1) is 0 Å². The van der Waals surface area contributed by atoms with Gasteiger partial charge in [-0.25, -0.2) is 0 Å². The largest absolute Gasteiger partial charge is 0.304 e. The zero-order valence-electron chi connectivity index (χ0n) is 11.6. The van der Waals surface area contributed by atoms with Crippen LogP contribution in [0.25, 0.3) is 0 Å². The third kappa shape index (κ3) is 3.19. The van der Waals surface area contributed by atoms with Crippen LogP contribution in [-0.4, -0.2) is 16.3 Å². The Balaban J connectivity index is 2.40. The zero-order valence-corrected chi connectivity index (χ0v) is 13.1. The van der Waals surface area contributed by atoms with Crippen LogP contribution >= 0.6 is 22.9 Å². The molecule has 0 aliphatic rings. The van der Waals surface area contributed by atoms with E-state index in [4.69, 9.17) is 11.6 Å². The van der Waals surface area contributed by atoms with Crippen LogP contribution in [0.4, 0.5) is 0 Å². The standard InChI is InChI=1S/C14H20ClN3S/c1-4-7-16-13(12-6-5-8-19-12)14-11(15)9-17-18(14)10(2)3/h5-6,8-10,13,16H,4,7H2,1-3H3. The number of hydrogen-bond donors (Lipinski definition) is 1. The van der Waals surface area contributed by atoms with Gasteiger partial charge in [-0.2, -0.15) is 5.10 Å². The van der Waals surface area contributed by atoms with Gasteiger partial charge in [-0.05, 0) is 38.3 Å². The average Bonchev–Trinajstić information content (AvgIpc) is 3.01. The van der Waals surface area contributed by atoms with Crippen molar-refractivity contribution >= 4 is 22.9 Å². The lowest BCUT2D eigenvalue weighted by atomic mass is 10.1. The van der Waals surface area contributed by atoms with E-state index in [1.807, 2.05) is 4.68 Å². The Morgan fingerprint density at radius 3 is 2.84 bits per heavy atom. The van der Waals surface area contributed by atoms with E-state index in [1.165, 1.54) is 4.88 Å². The van der Waals surface area contributed by atoms with Crippen LogP contribution in [0.3, 0.4) is 0 Å². The molecule has 1 N–H and O–H groups in total. The highest BCUT2D eigenvalue weighted by Gasteiger charge is 2.23. The summed E-state index contributed by atoms with van der Waals surface area (Å²) in [5, 5.41) is 10.8. The van der Waals surface area contributed by atoms with E-state index in [0.717, 1.165) is 23.7 Å². The first-order chi connectivity index (χ1) is 9.15. The van der Waals surface area contributed by atoms with Crippen LogP contribution in [0.1, 0.15) is 49.8 Å². The Labute approximate surface area is 123 Å². The molecule has 104 valence electrons. The van der Waals surface area contributed by atoms with Crippen LogP contribution in [0.2, 0.25) is 5.02 Å². The van der Waals surface area contributed by atoms with E-state index in [2.05, 4.69) is 48.7 Å². The zero-order chi connectivity index (χ0) is 13.8. The summed E-state index contributed by atoms with van der Waals surface area (Å²) in [6, 6.07) is 4.64. The molecule has 2 aromatic rings. The molecule has 0 aliphatic heterocycles. The Kier molecular flexibility index (Phi) is 5.02. The summed E-state index contributed by atoms with van der Waals surface area (Å²) in [6.45, 7) is 7.37. The summed E-state index contributed by atoms with van der Waals surface area (Å²) in [7, 11) is 0. The molecule has 3 nitrogen and oxygen atoms in total. The lowest BCUT2D eigenvalue weighted by molar-refractivity contribution is 0.474. The van der Waals surface area contributed by atoms with Gasteiger partial charge in [-0.1, -0.05) is 24.6 Å². The first-order valence-electron chi connectivity index (χ1n) is 6.64. The molecule has 2 aromatic heterocycles. The Bertz CT molecular complexity index is 505. The van der Waals surface area contributed by atoms with Gasteiger partial charge in [0.1, 0.15) is 0 Å². The quantitative estimate of drug-likeness (QED) is 0.863. The SMILES string of the molecule is CCCNC(c1cccs1)c1c(Cl)cnn1C(C)C. The van der Waals surface area contributed by atoms with Gasteiger partial charge in [0.25, 0.3) is 0 Å². The maximum absolute atomic E-state index is 6.36. The molecule has 0 amide bonds. The molecule has 0 saturated heterocycles. The lowest BCUT2D eigenvalue weighted by Crippen LogP contribution is -2.26. The fourth-order valence-electron chi connectivity index (χ4n) is 2.11. The number of halogens is 1. The summed E-state index contributed by atoms with van der Waals surface area (Å²) in [6.07, 6.45) is 2.83. The number of nitrogens with one attached hydrogen (secondary N) is 1. The molecule has 2 heterocycles. The van der Waals surface area contributed by atoms with Crippen molar-refractivity contribution in [2.45, 2.75) is 39.3 Å². The van der Waals surface area contributed by atoms with Gasteiger partial charge in [0.2, 0.25) is 0 Å². The summed E-state index contributed by atoms with van der Waals surface area (Å²) in [4.78, 5) is 1.28.